The van der Waals surface area contributed by atoms with Crippen molar-refractivity contribution in [1.82, 2.24) is 9.80 Å². The molecule has 0 atom stereocenters. The Hall–Kier alpha value is -2.58. The van der Waals surface area contributed by atoms with E-state index in [0.717, 1.165) is 22.6 Å². The minimum atomic E-state index is -0.865. The number of aliphatic hydroxyl groups excluding tert-OH is 1. The topological polar surface area (TPSA) is 116 Å². The zero-order valence-electron chi connectivity index (χ0n) is 16.2. The number of benzene rings is 1. The molecular weight excluding hydrogens is 346 g/mol. The van der Waals surface area contributed by atoms with Crippen LogP contribution in [0, 0.1) is 0 Å². The van der Waals surface area contributed by atoms with Gasteiger partial charge in [-0.3, -0.25) is 14.7 Å². The predicted octanol–water partition coefficient (Wildman–Crippen LogP) is 1.50. The van der Waals surface area contributed by atoms with E-state index in [1.807, 2.05) is 24.3 Å². The first-order valence-electron chi connectivity index (χ1n) is 8.98. The Balaban J connectivity index is 2.04. The molecule has 0 spiro atoms. The summed E-state index contributed by atoms with van der Waals surface area (Å²) in [4.78, 5) is 27.2. The van der Waals surface area contributed by atoms with Crippen molar-refractivity contribution in [2.24, 2.45) is 11.6 Å². The number of hydrogen-bond acceptors (Lipinski definition) is 6. The number of likely N-dealkylation sites (N-methyl/N-ethyl adjacent to an activating group) is 1. The van der Waals surface area contributed by atoms with Gasteiger partial charge in [0.25, 0.3) is 5.91 Å². The molecule has 1 aliphatic rings. The molecule has 0 saturated carbocycles. The third-order valence-corrected chi connectivity index (χ3v) is 4.77. The lowest BCUT2D eigenvalue weighted by Gasteiger charge is -2.28. The molecule has 0 radical (unpaired) electrons. The van der Waals surface area contributed by atoms with Crippen LogP contribution in [0.25, 0.3) is 0 Å². The summed E-state index contributed by atoms with van der Waals surface area (Å²) in [5.41, 5.74) is 7.37. The van der Waals surface area contributed by atoms with Crippen LogP contribution in [0.4, 0.5) is 10.5 Å². The average molecular weight is 375 g/mol. The summed E-state index contributed by atoms with van der Waals surface area (Å²) in [6.07, 6.45) is 3.84. The van der Waals surface area contributed by atoms with Crippen LogP contribution in [-0.4, -0.2) is 46.0 Å². The molecule has 3 amide bonds. The molecule has 1 aliphatic heterocycles. The highest BCUT2D eigenvalue weighted by molar-refractivity contribution is 6.06. The zero-order chi connectivity index (χ0) is 20.2. The first-order chi connectivity index (χ1) is 12.7. The summed E-state index contributed by atoms with van der Waals surface area (Å²) < 4.78 is 0. The Bertz CT molecular complexity index is 715. The molecule has 2 rings (SSSR count). The van der Waals surface area contributed by atoms with Crippen LogP contribution in [0.2, 0.25) is 0 Å². The van der Waals surface area contributed by atoms with Crippen LogP contribution < -0.4 is 16.6 Å². The van der Waals surface area contributed by atoms with Gasteiger partial charge in [-0.1, -0.05) is 12.1 Å². The van der Waals surface area contributed by atoms with E-state index in [4.69, 9.17) is 16.7 Å². The van der Waals surface area contributed by atoms with Crippen molar-refractivity contribution < 1.29 is 14.7 Å². The third kappa shape index (κ3) is 4.58. The fourth-order valence-electron chi connectivity index (χ4n) is 3.01. The highest BCUT2D eigenvalue weighted by Gasteiger charge is 2.49. The Morgan fingerprint density at radius 1 is 1.22 bits per heavy atom. The summed E-state index contributed by atoms with van der Waals surface area (Å²) in [6.45, 7) is 3.98. The highest BCUT2D eigenvalue weighted by Crippen LogP contribution is 2.28. The second-order valence-electron chi connectivity index (χ2n) is 7.25. The normalized spacial score (nSPS) is 17.0. The lowest BCUT2D eigenvalue weighted by molar-refractivity contribution is -0.131. The number of aliphatic hydroxyl groups is 1. The molecule has 1 aromatic rings. The second-order valence-corrected chi connectivity index (χ2v) is 7.25. The largest absolute Gasteiger partial charge is 0.401 e. The van der Waals surface area contributed by atoms with E-state index in [0.29, 0.717) is 25.1 Å². The number of hydrazine groups is 1. The lowest BCUT2D eigenvalue weighted by atomic mass is 10.0. The number of urea groups is 1. The van der Waals surface area contributed by atoms with Gasteiger partial charge in [0.05, 0.1) is 5.69 Å². The number of hydrogen-bond donors (Lipinski definition) is 3. The second kappa shape index (κ2) is 8.41. The van der Waals surface area contributed by atoms with Crippen LogP contribution in [0.1, 0.15) is 38.7 Å². The number of imide groups is 1. The predicted molar refractivity (Wildman–Crippen MR) is 104 cm³/mol. The molecular formula is C19H29N5O3. The summed E-state index contributed by atoms with van der Waals surface area (Å²) >= 11 is 0. The lowest BCUT2D eigenvalue weighted by Crippen LogP contribution is -2.43. The number of carbonyl (C=O) groups is 2. The fraction of sp³-hybridized carbons (Fsp3) is 0.474. The number of anilines is 1. The van der Waals surface area contributed by atoms with Crippen molar-refractivity contribution in [3.63, 3.8) is 0 Å². The van der Waals surface area contributed by atoms with Crippen LogP contribution in [0.15, 0.2) is 36.2 Å². The van der Waals surface area contributed by atoms with Crippen molar-refractivity contribution in [1.29, 1.82) is 0 Å². The summed E-state index contributed by atoms with van der Waals surface area (Å²) in [5.74, 6) is 5.82. The van der Waals surface area contributed by atoms with Crippen molar-refractivity contribution in [2.45, 2.75) is 45.2 Å². The first kappa shape index (κ1) is 20.7. The molecule has 0 aliphatic carbocycles. The van der Waals surface area contributed by atoms with Gasteiger partial charge in [-0.2, -0.15) is 0 Å². The Kier molecular flexibility index (Phi) is 6.45. The van der Waals surface area contributed by atoms with E-state index in [-0.39, 0.29) is 18.5 Å². The number of carbonyl (C=O) groups excluding carboxylic acids is 2. The number of rotatable bonds is 8. The molecule has 0 unspecified atom stereocenters. The van der Waals surface area contributed by atoms with Crippen LogP contribution in [0.3, 0.4) is 0 Å². The van der Waals surface area contributed by atoms with Crippen molar-refractivity contribution >= 4 is 17.6 Å². The van der Waals surface area contributed by atoms with Gasteiger partial charge in [-0.15, -0.1) is 0 Å². The molecule has 1 heterocycles. The number of amides is 3. The van der Waals surface area contributed by atoms with Crippen LogP contribution >= 0.6 is 0 Å². The van der Waals surface area contributed by atoms with Crippen molar-refractivity contribution in [2.75, 3.05) is 18.7 Å². The molecule has 8 nitrogen and oxygen atoms in total. The molecule has 1 aromatic carbocycles. The SMILES string of the molecule is CN1C(=O)N(Cc2ccc(N(N)/C=C(\N)CCCCO)cc2)C(C)(C)C1=O. The van der Waals surface area contributed by atoms with Gasteiger partial charge in [0.1, 0.15) is 5.54 Å². The van der Waals surface area contributed by atoms with Gasteiger partial charge in [0, 0.05) is 32.1 Å². The van der Waals surface area contributed by atoms with E-state index < -0.39 is 5.54 Å². The maximum absolute atomic E-state index is 12.3. The van der Waals surface area contributed by atoms with E-state index >= 15 is 0 Å². The monoisotopic (exact) mass is 375 g/mol. The van der Waals surface area contributed by atoms with E-state index in [2.05, 4.69) is 0 Å². The Morgan fingerprint density at radius 3 is 2.37 bits per heavy atom. The maximum Gasteiger partial charge on any atom is 0.327 e. The van der Waals surface area contributed by atoms with E-state index in [1.165, 1.54) is 12.1 Å². The van der Waals surface area contributed by atoms with Gasteiger partial charge >= 0.3 is 6.03 Å². The molecule has 0 aromatic heterocycles. The molecule has 148 valence electrons. The van der Waals surface area contributed by atoms with Gasteiger partial charge in [-0.05, 0) is 50.8 Å². The number of unbranched alkanes of at least 4 members (excludes halogenated alkanes) is 1. The third-order valence-electron chi connectivity index (χ3n) is 4.77. The van der Waals surface area contributed by atoms with Gasteiger partial charge in [-0.25, -0.2) is 10.6 Å². The average Bonchev–Trinajstić information content (AvgIpc) is 2.77. The zero-order valence-corrected chi connectivity index (χ0v) is 16.2. The summed E-state index contributed by atoms with van der Waals surface area (Å²) in [7, 11) is 1.50. The molecule has 1 saturated heterocycles. The minimum absolute atomic E-state index is 0.152. The minimum Gasteiger partial charge on any atom is -0.401 e. The Labute approximate surface area is 160 Å². The first-order valence-corrected chi connectivity index (χ1v) is 8.98. The van der Waals surface area contributed by atoms with Gasteiger partial charge < -0.3 is 15.7 Å². The Morgan fingerprint density at radius 2 is 1.85 bits per heavy atom. The van der Waals surface area contributed by atoms with Gasteiger partial charge in [0.2, 0.25) is 0 Å². The molecule has 1 fully saturated rings. The summed E-state index contributed by atoms with van der Waals surface area (Å²) in [5, 5.41) is 10.2. The fourth-order valence-corrected chi connectivity index (χ4v) is 3.01. The number of allylic oxidation sites excluding steroid dienone is 1. The number of nitrogens with zero attached hydrogens (tertiary/aromatic N) is 3. The molecule has 27 heavy (non-hydrogen) atoms. The number of nitrogens with two attached hydrogens (primary N) is 2. The van der Waals surface area contributed by atoms with Crippen LogP contribution in [0.5, 0.6) is 0 Å². The standard InChI is InChI=1S/C19H29N5O3/c1-19(2)17(26)22(3)18(27)23(19)12-14-7-9-16(10-8-14)24(21)13-15(20)6-4-5-11-25/h7-10,13,25H,4-6,11-12,20-21H2,1-3H3/b15-13-. The molecule has 0 bridgehead atoms. The maximum atomic E-state index is 12.3. The van der Waals surface area contributed by atoms with E-state index in [9.17, 15) is 9.59 Å². The molecule has 5 N–H and O–H groups in total. The van der Waals surface area contributed by atoms with Crippen LogP contribution in [-0.2, 0) is 11.3 Å². The van der Waals surface area contributed by atoms with E-state index in [1.54, 1.807) is 24.9 Å². The quantitative estimate of drug-likeness (QED) is 0.274. The smallest absolute Gasteiger partial charge is 0.327 e. The molecule has 8 heteroatoms. The highest BCUT2D eigenvalue weighted by atomic mass is 16.3. The van der Waals surface area contributed by atoms with Crippen molar-refractivity contribution in [3.05, 3.63) is 41.7 Å². The van der Waals surface area contributed by atoms with Gasteiger partial charge in [0.15, 0.2) is 0 Å². The van der Waals surface area contributed by atoms with Crippen molar-refractivity contribution in [3.8, 4) is 0 Å². The summed E-state index contributed by atoms with van der Waals surface area (Å²) in [6, 6.07) is 7.12.